The van der Waals surface area contributed by atoms with E-state index in [4.69, 9.17) is 0 Å². The lowest BCUT2D eigenvalue weighted by Crippen LogP contribution is -2.47. The van der Waals surface area contributed by atoms with E-state index in [2.05, 4.69) is 23.5 Å². The van der Waals surface area contributed by atoms with Gasteiger partial charge in [0.15, 0.2) is 0 Å². The highest BCUT2D eigenvalue weighted by Crippen LogP contribution is 2.27. The van der Waals surface area contributed by atoms with Crippen molar-refractivity contribution in [2.75, 3.05) is 0 Å². The molecule has 0 bridgehead atoms. The summed E-state index contributed by atoms with van der Waals surface area (Å²) < 4.78 is 0. The van der Waals surface area contributed by atoms with E-state index in [-0.39, 0.29) is 0 Å². The fourth-order valence-electron chi connectivity index (χ4n) is 3.84. The topological polar surface area (TPSA) is 49.3 Å². The number of carboxylic acids is 1. The van der Waals surface area contributed by atoms with Crippen LogP contribution < -0.4 is 15.8 Å². The summed E-state index contributed by atoms with van der Waals surface area (Å²) in [5, 5.41) is 15.6. The second kappa shape index (κ2) is 5.58. The Morgan fingerprint density at radius 2 is 1.74 bits per heavy atom. The molecule has 0 spiro atoms. The Morgan fingerprint density at radius 3 is 2.57 bits per heavy atom. The Bertz CT molecular complexity index is 898. The van der Waals surface area contributed by atoms with Gasteiger partial charge in [-0.25, -0.2) is 4.79 Å². The number of carboxylic acid groups (broad SMARTS) is 1. The number of aromatic carboxylic acids is 1. The summed E-state index contributed by atoms with van der Waals surface area (Å²) in [6, 6.07) is 15.9. The average molecular weight is 305 g/mol. The van der Waals surface area contributed by atoms with Crippen LogP contribution in [0.3, 0.4) is 0 Å². The number of fused-ring (bicyclic) bond motifs is 2. The first-order valence-electron chi connectivity index (χ1n) is 8.17. The largest absolute Gasteiger partial charge is 0.478 e. The summed E-state index contributed by atoms with van der Waals surface area (Å²) in [6.07, 6.45) is 4.70. The second-order valence-electron chi connectivity index (χ2n) is 6.24. The molecule has 1 fully saturated rings. The molecule has 0 amide bonds. The Morgan fingerprint density at radius 1 is 1.00 bits per heavy atom. The van der Waals surface area contributed by atoms with Gasteiger partial charge in [0.25, 0.3) is 0 Å². The van der Waals surface area contributed by atoms with Gasteiger partial charge in [0.05, 0.1) is 11.3 Å². The molecule has 23 heavy (non-hydrogen) atoms. The van der Waals surface area contributed by atoms with E-state index in [0.29, 0.717) is 11.6 Å². The molecule has 2 N–H and O–H groups in total. The highest BCUT2D eigenvalue weighted by molar-refractivity contribution is 5.94. The molecule has 0 aromatic heterocycles. The van der Waals surface area contributed by atoms with Gasteiger partial charge in [0.1, 0.15) is 0 Å². The van der Waals surface area contributed by atoms with Crippen LogP contribution in [0.15, 0.2) is 48.5 Å². The van der Waals surface area contributed by atoms with Crippen molar-refractivity contribution in [3.63, 3.8) is 0 Å². The molecule has 0 saturated heterocycles. The predicted molar refractivity (Wildman–Crippen MR) is 90.4 cm³/mol. The lowest BCUT2D eigenvalue weighted by Gasteiger charge is -2.32. The van der Waals surface area contributed by atoms with Gasteiger partial charge in [-0.15, -0.1) is 0 Å². The summed E-state index contributed by atoms with van der Waals surface area (Å²) in [6.45, 7) is 0. The monoisotopic (exact) mass is 305 g/mol. The maximum Gasteiger partial charge on any atom is 0.336 e. The zero-order valence-electron chi connectivity index (χ0n) is 12.9. The zero-order chi connectivity index (χ0) is 15.8. The average Bonchev–Trinajstić information content (AvgIpc) is 2.61. The molecule has 3 heteroatoms. The molecule has 1 heterocycles. The van der Waals surface area contributed by atoms with Crippen LogP contribution in [-0.2, 0) is 0 Å². The summed E-state index contributed by atoms with van der Waals surface area (Å²) in [4.78, 5) is 11.6. The van der Waals surface area contributed by atoms with Crippen molar-refractivity contribution in [2.24, 2.45) is 0 Å². The van der Waals surface area contributed by atoms with E-state index < -0.39 is 5.97 Å². The molecule has 2 aromatic carbocycles. The van der Waals surface area contributed by atoms with E-state index >= 15 is 0 Å². The standard InChI is InChI=1S/C20H19NO2/c22-20(23)17-11-4-3-10-16(17)19-15-9-2-1-7-13(15)14-8-5-6-12-18(14)21-19/h1-4,7,9-11,18,21H,5-6,8,12H2,(H,22,23). The molecule has 0 radical (unpaired) electrons. The van der Waals surface area contributed by atoms with E-state index in [9.17, 15) is 9.90 Å². The first-order chi connectivity index (χ1) is 11.3. The van der Waals surface area contributed by atoms with Gasteiger partial charge in [0, 0.05) is 16.8 Å². The third-order valence-electron chi connectivity index (χ3n) is 4.90. The Balaban J connectivity index is 2.05. The van der Waals surface area contributed by atoms with Gasteiger partial charge < -0.3 is 10.4 Å². The number of benzene rings is 2. The normalized spacial score (nSPS) is 19.6. The van der Waals surface area contributed by atoms with Gasteiger partial charge in [-0.1, -0.05) is 48.9 Å². The van der Waals surface area contributed by atoms with Crippen LogP contribution in [0.4, 0.5) is 0 Å². The van der Waals surface area contributed by atoms with Crippen LogP contribution in [0.1, 0.15) is 41.6 Å². The fraction of sp³-hybridized carbons (Fsp3) is 0.250. The van der Waals surface area contributed by atoms with Crippen molar-refractivity contribution in [3.8, 4) is 0 Å². The van der Waals surface area contributed by atoms with E-state index in [0.717, 1.165) is 29.3 Å². The van der Waals surface area contributed by atoms with Gasteiger partial charge in [-0.05, 0) is 36.1 Å². The summed E-state index contributed by atoms with van der Waals surface area (Å²) in [7, 11) is 0. The van der Waals surface area contributed by atoms with Crippen LogP contribution in [-0.4, -0.2) is 17.1 Å². The van der Waals surface area contributed by atoms with Crippen molar-refractivity contribution in [3.05, 3.63) is 70.1 Å². The maximum absolute atomic E-state index is 11.6. The van der Waals surface area contributed by atoms with Crippen molar-refractivity contribution >= 4 is 17.2 Å². The summed E-state index contributed by atoms with van der Waals surface area (Å²) in [5.41, 5.74) is 3.55. The van der Waals surface area contributed by atoms with Gasteiger partial charge in [-0.2, -0.15) is 0 Å². The minimum atomic E-state index is -0.884. The van der Waals surface area contributed by atoms with Crippen molar-refractivity contribution in [1.82, 2.24) is 5.32 Å². The second-order valence-corrected chi connectivity index (χ2v) is 6.24. The zero-order valence-corrected chi connectivity index (χ0v) is 12.9. The highest BCUT2D eigenvalue weighted by Gasteiger charge is 2.25. The summed E-state index contributed by atoms with van der Waals surface area (Å²) in [5.74, 6) is -0.884. The number of rotatable bonds is 2. The molecule has 1 unspecified atom stereocenters. The number of hydrogen-bond donors (Lipinski definition) is 2. The molecule has 4 rings (SSSR count). The molecule has 1 saturated carbocycles. The smallest absolute Gasteiger partial charge is 0.336 e. The van der Waals surface area contributed by atoms with Crippen LogP contribution in [0.2, 0.25) is 0 Å². The first kappa shape index (κ1) is 14.1. The van der Waals surface area contributed by atoms with E-state index in [1.807, 2.05) is 18.2 Å². The van der Waals surface area contributed by atoms with E-state index in [1.54, 1.807) is 12.1 Å². The fourth-order valence-corrected chi connectivity index (χ4v) is 3.84. The Hall–Kier alpha value is -2.55. The van der Waals surface area contributed by atoms with Crippen molar-refractivity contribution < 1.29 is 9.90 Å². The molecule has 1 atom stereocenters. The predicted octanol–water partition coefficient (Wildman–Crippen LogP) is 2.24. The van der Waals surface area contributed by atoms with Crippen LogP contribution in [0.5, 0.6) is 0 Å². The number of carbonyl (C=O) groups is 1. The maximum atomic E-state index is 11.6. The Labute approximate surface area is 135 Å². The first-order valence-corrected chi connectivity index (χ1v) is 8.17. The third kappa shape index (κ3) is 2.33. The molecule has 2 aliphatic rings. The van der Waals surface area contributed by atoms with Crippen LogP contribution in [0, 0.1) is 0 Å². The summed E-state index contributed by atoms with van der Waals surface area (Å²) >= 11 is 0. The minimum absolute atomic E-state index is 0.329. The third-order valence-corrected chi connectivity index (χ3v) is 4.90. The molecular weight excluding hydrogens is 286 g/mol. The number of hydrogen-bond acceptors (Lipinski definition) is 2. The number of nitrogens with one attached hydrogen (secondary N) is 1. The molecule has 2 aromatic rings. The van der Waals surface area contributed by atoms with Crippen LogP contribution in [0.25, 0.3) is 11.3 Å². The van der Waals surface area contributed by atoms with E-state index in [1.165, 1.54) is 23.6 Å². The van der Waals surface area contributed by atoms with Crippen molar-refractivity contribution in [1.29, 1.82) is 0 Å². The van der Waals surface area contributed by atoms with Crippen LogP contribution >= 0.6 is 0 Å². The van der Waals surface area contributed by atoms with Gasteiger partial charge in [-0.3, -0.25) is 0 Å². The van der Waals surface area contributed by atoms with Crippen molar-refractivity contribution in [2.45, 2.75) is 31.7 Å². The minimum Gasteiger partial charge on any atom is -0.478 e. The van der Waals surface area contributed by atoms with Gasteiger partial charge in [0.2, 0.25) is 0 Å². The lowest BCUT2D eigenvalue weighted by molar-refractivity contribution is 0.0696. The SMILES string of the molecule is O=C(O)c1ccccc1C1=c2ccccc2=C2CCCCC2N1. The lowest BCUT2D eigenvalue weighted by atomic mass is 9.84. The molecule has 116 valence electrons. The molecule has 3 nitrogen and oxygen atoms in total. The quantitative estimate of drug-likeness (QED) is 0.894. The highest BCUT2D eigenvalue weighted by atomic mass is 16.4. The molecule has 1 aliphatic heterocycles. The van der Waals surface area contributed by atoms with Gasteiger partial charge >= 0.3 is 5.97 Å². The molecule has 1 aliphatic carbocycles. The molecular formula is C20H19NO2. The Kier molecular flexibility index (Phi) is 3.41.